The lowest BCUT2D eigenvalue weighted by atomic mass is 10.5. The Kier molecular flexibility index (Phi) is 3.81. The monoisotopic (exact) mass is 201 g/mol. The molecule has 13 heavy (non-hydrogen) atoms. The largest absolute Gasteiger partial charge is 0.395 e. The second kappa shape index (κ2) is 4.90. The Bertz CT molecular complexity index is 287. The first-order valence-corrected chi connectivity index (χ1v) is 4.61. The minimum absolute atomic E-state index is 0.0987. The molecule has 0 saturated carbocycles. The molecule has 0 spiro atoms. The summed E-state index contributed by atoms with van der Waals surface area (Å²) in [5.74, 6) is -0.501. The molecular weight excluding hydrogens is 190 g/mol. The molecule has 0 bridgehead atoms. The van der Waals surface area contributed by atoms with Crippen LogP contribution >= 0.6 is 11.3 Å². The summed E-state index contributed by atoms with van der Waals surface area (Å²) in [5, 5.41) is 11.8. The molecule has 0 saturated heterocycles. The fourth-order valence-corrected chi connectivity index (χ4v) is 1.53. The van der Waals surface area contributed by atoms with Crippen molar-refractivity contribution < 1.29 is 9.90 Å². The van der Waals surface area contributed by atoms with E-state index in [1.807, 2.05) is 0 Å². The van der Waals surface area contributed by atoms with Gasteiger partial charge in [0.25, 0.3) is 5.91 Å². The molecular formula is C7H11N3O2S. The van der Waals surface area contributed by atoms with Gasteiger partial charge in [0.2, 0.25) is 0 Å². The number of hydrogen-bond acceptors (Lipinski definition) is 5. The van der Waals surface area contributed by atoms with Crippen molar-refractivity contribution in [2.24, 2.45) is 5.73 Å². The highest BCUT2D eigenvalue weighted by Crippen LogP contribution is 2.11. The number of nitrogens with zero attached hydrogens (tertiary/aromatic N) is 1. The van der Waals surface area contributed by atoms with Crippen LogP contribution in [0.2, 0.25) is 0 Å². The van der Waals surface area contributed by atoms with Gasteiger partial charge in [0.1, 0.15) is 0 Å². The van der Waals surface area contributed by atoms with E-state index in [1.165, 1.54) is 11.3 Å². The molecule has 1 heterocycles. The van der Waals surface area contributed by atoms with Gasteiger partial charge in [0.05, 0.1) is 6.61 Å². The lowest BCUT2D eigenvalue weighted by Gasteiger charge is -1.97. The fraction of sp³-hybridized carbons (Fsp3) is 0.429. The predicted octanol–water partition coefficient (Wildman–Crippen LogP) is -0.676. The number of amides is 1. The number of rotatable bonds is 5. The number of nitrogens with one attached hydrogen (secondary N) is 1. The number of hydrogen-bond donors (Lipinski definition) is 3. The molecule has 0 aliphatic rings. The number of carbonyl (C=O) groups excluding carboxylic acids is 1. The predicted molar refractivity (Wildman–Crippen MR) is 49.4 cm³/mol. The Morgan fingerprint density at radius 1 is 1.77 bits per heavy atom. The Balaban J connectivity index is 2.44. The van der Waals surface area contributed by atoms with Crippen molar-refractivity contribution in [2.45, 2.75) is 6.54 Å². The van der Waals surface area contributed by atoms with Crippen molar-refractivity contribution in [1.82, 2.24) is 10.3 Å². The molecule has 0 aliphatic carbocycles. The van der Waals surface area contributed by atoms with Crippen LogP contribution in [0.4, 0.5) is 0 Å². The number of carbonyl (C=O) groups is 1. The van der Waals surface area contributed by atoms with Crippen LogP contribution < -0.4 is 11.1 Å². The normalized spacial score (nSPS) is 10.2. The second-order valence-corrected chi connectivity index (χ2v) is 3.51. The maximum absolute atomic E-state index is 10.7. The van der Waals surface area contributed by atoms with Gasteiger partial charge in [0, 0.05) is 24.2 Å². The van der Waals surface area contributed by atoms with E-state index in [-0.39, 0.29) is 6.61 Å². The van der Waals surface area contributed by atoms with Gasteiger partial charge in [-0.25, -0.2) is 4.98 Å². The van der Waals surface area contributed by atoms with Gasteiger partial charge < -0.3 is 16.2 Å². The van der Waals surface area contributed by atoms with Crippen LogP contribution in [0, 0.1) is 0 Å². The van der Waals surface area contributed by atoms with Gasteiger partial charge in [-0.2, -0.15) is 0 Å². The summed E-state index contributed by atoms with van der Waals surface area (Å²) in [5.41, 5.74) is 5.03. The van der Waals surface area contributed by atoms with Crippen LogP contribution in [0.5, 0.6) is 0 Å². The van der Waals surface area contributed by atoms with Gasteiger partial charge in [-0.3, -0.25) is 4.79 Å². The SMILES string of the molecule is NC(=O)c1ncc(CNCCO)s1. The number of aliphatic hydroxyl groups excluding tert-OH is 1. The molecule has 72 valence electrons. The number of aromatic nitrogens is 1. The summed E-state index contributed by atoms with van der Waals surface area (Å²) in [6.45, 7) is 1.23. The zero-order chi connectivity index (χ0) is 9.68. The zero-order valence-electron chi connectivity index (χ0n) is 6.99. The average Bonchev–Trinajstić information content (AvgIpc) is 2.53. The number of nitrogens with two attached hydrogens (primary N) is 1. The van der Waals surface area contributed by atoms with Gasteiger partial charge in [-0.1, -0.05) is 0 Å². The molecule has 0 radical (unpaired) electrons. The van der Waals surface area contributed by atoms with E-state index < -0.39 is 5.91 Å². The fourth-order valence-electron chi connectivity index (χ4n) is 0.794. The Labute approximate surface area is 79.6 Å². The first-order valence-electron chi connectivity index (χ1n) is 3.80. The molecule has 0 unspecified atom stereocenters. The molecule has 6 heteroatoms. The molecule has 1 aromatic heterocycles. The van der Waals surface area contributed by atoms with E-state index in [1.54, 1.807) is 6.20 Å². The van der Waals surface area contributed by atoms with Crippen LogP contribution in [-0.2, 0) is 6.54 Å². The number of aliphatic hydroxyl groups is 1. The van der Waals surface area contributed by atoms with Crippen LogP contribution in [0.25, 0.3) is 0 Å². The highest BCUT2D eigenvalue weighted by Gasteiger charge is 2.05. The summed E-state index contributed by atoms with van der Waals surface area (Å²) in [4.78, 5) is 15.4. The van der Waals surface area contributed by atoms with Crippen LogP contribution in [-0.4, -0.2) is 29.1 Å². The first-order chi connectivity index (χ1) is 6.24. The minimum atomic E-state index is -0.501. The summed E-state index contributed by atoms with van der Waals surface area (Å²) < 4.78 is 0. The maximum Gasteiger partial charge on any atom is 0.277 e. The quantitative estimate of drug-likeness (QED) is 0.551. The maximum atomic E-state index is 10.7. The molecule has 1 amide bonds. The summed E-state index contributed by atoms with van der Waals surface area (Å²) in [6.07, 6.45) is 1.61. The topological polar surface area (TPSA) is 88.2 Å². The van der Waals surface area contributed by atoms with Crippen molar-refractivity contribution in [2.75, 3.05) is 13.2 Å². The van der Waals surface area contributed by atoms with E-state index in [0.29, 0.717) is 18.1 Å². The number of primary amides is 1. The third kappa shape index (κ3) is 3.10. The van der Waals surface area contributed by atoms with Gasteiger partial charge >= 0.3 is 0 Å². The van der Waals surface area contributed by atoms with Crippen LogP contribution in [0.15, 0.2) is 6.20 Å². The van der Waals surface area contributed by atoms with E-state index in [0.717, 1.165) is 4.88 Å². The first kappa shape index (κ1) is 10.1. The molecule has 0 fully saturated rings. The van der Waals surface area contributed by atoms with Gasteiger partial charge in [-0.15, -0.1) is 11.3 Å². The standard InChI is InChI=1S/C7H11N3O2S/c8-6(12)7-10-4-5(13-7)3-9-1-2-11/h4,9,11H,1-3H2,(H2,8,12). The van der Waals surface area contributed by atoms with Gasteiger partial charge in [-0.05, 0) is 0 Å². The molecule has 0 aliphatic heterocycles. The number of thiazole rings is 1. The second-order valence-electron chi connectivity index (χ2n) is 2.40. The Hall–Kier alpha value is -0.980. The van der Waals surface area contributed by atoms with Crippen molar-refractivity contribution in [3.8, 4) is 0 Å². The lowest BCUT2D eigenvalue weighted by Crippen LogP contribution is -2.16. The Morgan fingerprint density at radius 2 is 2.54 bits per heavy atom. The van der Waals surface area contributed by atoms with Crippen molar-refractivity contribution in [1.29, 1.82) is 0 Å². The minimum Gasteiger partial charge on any atom is -0.395 e. The zero-order valence-corrected chi connectivity index (χ0v) is 7.80. The van der Waals surface area contributed by atoms with E-state index in [4.69, 9.17) is 10.8 Å². The van der Waals surface area contributed by atoms with Crippen LogP contribution in [0.3, 0.4) is 0 Å². The highest BCUT2D eigenvalue weighted by atomic mass is 32.1. The Morgan fingerprint density at radius 3 is 3.08 bits per heavy atom. The van der Waals surface area contributed by atoms with E-state index >= 15 is 0 Å². The molecule has 4 N–H and O–H groups in total. The van der Waals surface area contributed by atoms with Gasteiger partial charge in [0.15, 0.2) is 5.01 Å². The average molecular weight is 201 g/mol. The van der Waals surface area contributed by atoms with Crippen molar-refractivity contribution >= 4 is 17.2 Å². The molecule has 0 atom stereocenters. The summed E-state index contributed by atoms with van der Waals surface area (Å²) >= 11 is 1.26. The highest BCUT2D eigenvalue weighted by molar-refractivity contribution is 7.13. The van der Waals surface area contributed by atoms with E-state index in [2.05, 4.69) is 10.3 Å². The summed E-state index contributed by atoms with van der Waals surface area (Å²) in [6, 6.07) is 0. The third-order valence-corrected chi connectivity index (χ3v) is 2.36. The molecule has 5 nitrogen and oxygen atoms in total. The smallest absolute Gasteiger partial charge is 0.277 e. The molecule has 1 aromatic rings. The third-order valence-electron chi connectivity index (χ3n) is 1.35. The molecule has 1 rings (SSSR count). The van der Waals surface area contributed by atoms with Crippen LogP contribution in [0.1, 0.15) is 14.7 Å². The van der Waals surface area contributed by atoms with Crippen molar-refractivity contribution in [3.63, 3.8) is 0 Å². The molecule has 0 aromatic carbocycles. The lowest BCUT2D eigenvalue weighted by molar-refractivity contribution is 0.1000. The summed E-state index contributed by atoms with van der Waals surface area (Å²) in [7, 11) is 0. The van der Waals surface area contributed by atoms with Crippen molar-refractivity contribution in [3.05, 3.63) is 16.1 Å². The van der Waals surface area contributed by atoms with E-state index in [9.17, 15) is 4.79 Å².